The quantitative estimate of drug-likeness (QED) is 0.386. The van der Waals surface area contributed by atoms with Crippen LogP contribution in [-0.4, -0.2) is 69.4 Å². The summed E-state index contributed by atoms with van der Waals surface area (Å²) in [5.41, 5.74) is 3.19. The lowest BCUT2D eigenvalue weighted by Gasteiger charge is -2.26. The molecule has 0 aliphatic carbocycles. The first-order chi connectivity index (χ1) is 18.0. The number of anilines is 1. The number of fused-ring (bicyclic) bond motifs is 2. The van der Waals surface area contributed by atoms with Crippen molar-refractivity contribution in [1.29, 1.82) is 0 Å². The summed E-state index contributed by atoms with van der Waals surface area (Å²) in [5, 5.41) is 23.9. The summed E-state index contributed by atoms with van der Waals surface area (Å²) in [6.45, 7) is 2.46. The maximum atomic E-state index is 13.8. The Balaban J connectivity index is 1.70. The standard InChI is InChI=1S/C28H27N5O4/c1-19-11-12-24-22(17-19)25(28(37)32(24)18-31(13-15-34)14-16-35)30-33-26(20-7-3-2-4-8-20)29-23-10-6-5-9-21(23)27(33)36/h2-12,17,34-35H,13-16,18H2,1H3/b30-25+. The zero-order valence-electron chi connectivity index (χ0n) is 20.4. The topological polar surface area (TPSA) is 111 Å². The Morgan fingerprint density at radius 1 is 0.919 bits per heavy atom. The summed E-state index contributed by atoms with van der Waals surface area (Å²) in [6.07, 6.45) is 0. The van der Waals surface area contributed by atoms with Crippen LogP contribution in [0.5, 0.6) is 0 Å². The van der Waals surface area contributed by atoms with E-state index >= 15 is 0 Å². The van der Waals surface area contributed by atoms with E-state index in [2.05, 4.69) is 5.10 Å². The number of amides is 1. The molecule has 4 aromatic rings. The highest BCUT2D eigenvalue weighted by molar-refractivity contribution is 6.54. The first kappa shape index (κ1) is 24.5. The molecule has 0 unspecified atom stereocenters. The Morgan fingerprint density at radius 3 is 2.35 bits per heavy atom. The molecule has 1 amide bonds. The molecule has 9 heteroatoms. The molecule has 0 fully saturated rings. The van der Waals surface area contributed by atoms with Crippen molar-refractivity contribution < 1.29 is 15.0 Å². The summed E-state index contributed by atoms with van der Waals surface area (Å²) in [6, 6.07) is 22.0. The smallest absolute Gasteiger partial charge is 0.282 e. The van der Waals surface area contributed by atoms with Crippen molar-refractivity contribution in [2.75, 3.05) is 37.9 Å². The monoisotopic (exact) mass is 497 g/mol. The van der Waals surface area contributed by atoms with Gasteiger partial charge in [-0.05, 0) is 31.2 Å². The number of aliphatic hydroxyl groups excluding tert-OH is 2. The van der Waals surface area contributed by atoms with Crippen molar-refractivity contribution in [3.05, 3.63) is 94.3 Å². The second-order valence-electron chi connectivity index (χ2n) is 8.84. The molecule has 2 heterocycles. The van der Waals surface area contributed by atoms with Gasteiger partial charge >= 0.3 is 0 Å². The minimum atomic E-state index is -0.375. The van der Waals surface area contributed by atoms with Gasteiger partial charge in [-0.2, -0.15) is 9.78 Å². The van der Waals surface area contributed by atoms with Crippen LogP contribution in [-0.2, 0) is 4.79 Å². The van der Waals surface area contributed by atoms with E-state index < -0.39 is 0 Å². The van der Waals surface area contributed by atoms with Gasteiger partial charge in [0.2, 0.25) is 0 Å². The Morgan fingerprint density at radius 2 is 1.62 bits per heavy atom. The molecule has 2 N–H and O–H groups in total. The molecule has 0 radical (unpaired) electrons. The van der Waals surface area contributed by atoms with Gasteiger partial charge in [0, 0.05) is 24.2 Å². The lowest BCUT2D eigenvalue weighted by Crippen LogP contribution is -2.43. The van der Waals surface area contributed by atoms with Crippen LogP contribution in [0.25, 0.3) is 22.3 Å². The third-order valence-electron chi connectivity index (χ3n) is 6.31. The van der Waals surface area contributed by atoms with Gasteiger partial charge in [0.1, 0.15) is 0 Å². The molecule has 37 heavy (non-hydrogen) atoms. The van der Waals surface area contributed by atoms with Gasteiger partial charge in [0.15, 0.2) is 11.5 Å². The number of aryl methyl sites for hydroxylation is 1. The van der Waals surface area contributed by atoms with Gasteiger partial charge in [0.05, 0.1) is 36.5 Å². The fourth-order valence-electron chi connectivity index (χ4n) is 4.49. The van der Waals surface area contributed by atoms with E-state index in [1.165, 1.54) is 4.68 Å². The van der Waals surface area contributed by atoms with E-state index in [-0.39, 0.29) is 37.1 Å². The zero-order valence-corrected chi connectivity index (χ0v) is 20.4. The largest absolute Gasteiger partial charge is 0.395 e. The third kappa shape index (κ3) is 4.67. The second-order valence-corrected chi connectivity index (χ2v) is 8.84. The SMILES string of the molecule is Cc1ccc2c(c1)/C(=N\n1c(-c3ccccc3)nc3ccccc3c1=O)C(=O)N2CN(CCO)CCO. The average molecular weight is 498 g/mol. The highest BCUT2D eigenvalue weighted by Gasteiger charge is 2.35. The van der Waals surface area contributed by atoms with Gasteiger partial charge in [0.25, 0.3) is 11.5 Å². The summed E-state index contributed by atoms with van der Waals surface area (Å²) in [7, 11) is 0. The molecule has 3 aromatic carbocycles. The zero-order chi connectivity index (χ0) is 25.9. The highest BCUT2D eigenvalue weighted by Crippen LogP contribution is 2.31. The molecule has 1 aromatic heterocycles. The van der Waals surface area contributed by atoms with Crippen molar-refractivity contribution >= 4 is 28.2 Å². The summed E-state index contributed by atoms with van der Waals surface area (Å²) >= 11 is 0. The van der Waals surface area contributed by atoms with Crippen LogP contribution < -0.4 is 10.5 Å². The Bertz CT molecular complexity index is 1540. The predicted molar refractivity (Wildman–Crippen MR) is 143 cm³/mol. The molecule has 188 valence electrons. The molecule has 0 bridgehead atoms. The van der Waals surface area contributed by atoms with Gasteiger partial charge < -0.3 is 10.2 Å². The van der Waals surface area contributed by atoms with Crippen LogP contribution in [0, 0.1) is 6.92 Å². The van der Waals surface area contributed by atoms with Crippen molar-refractivity contribution in [2.45, 2.75) is 6.92 Å². The minimum Gasteiger partial charge on any atom is -0.395 e. The lowest BCUT2D eigenvalue weighted by atomic mass is 10.1. The van der Waals surface area contributed by atoms with Gasteiger partial charge in [-0.15, -0.1) is 0 Å². The minimum absolute atomic E-state index is 0.109. The number of aromatic nitrogens is 2. The average Bonchev–Trinajstić information content (AvgIpc) is 3.16. The van der Waals surface area contributed by atoms with Crippen LogP contribution in [0.1, 0.15) is 11.1 Å². The fourth-order valence-corrected chi connectivity index (χ4v) is 4.49. The van der Waals surface area contributed by atoms with E-state index in [0.29, 0.717) is 46.6 Å². The van der Waals surface area contributed by atoms with Crippen LogP contribution in [0.3, 0.4) is 0 Å². The van der Waals surface area contributed by atoms with E-state index in [4.69, 9.17) is 4.98 Å². The molecule has 1 aliphatic rings. The Labute approximate surface area is 213 Å². The van der Waals surface area contributed by atoms with Crippen LogP contribution in [0.15, 0.2) is 82.7 Å². The number of para-hydroxylation sites is 1. The number of hydrogen-bond acceptors (Lipinski definition) is 7. The highest BCUT2D eigenvalue weighted by atomic mass is 16.3. The molecular weight excluding hydrogens is 470 g/mol. The molecule has 5 rings (SSSR count). The van der Waals surface area contributed by atoms with E-state index in [0.717, 1.165) is 5.56 Å². The number of benzene rings is 3. The molecular formula is C28H27N5O4. The van der Waals surface area contributed by atoms with Crippen LogP contribution in [0.4, 0.5) is 5.69 Å². The summed E-state index contributed by atoms with van der Waals surface area (Å²) < 4.78 is 1.21. The second kappa shape index (κ2) is 10.4. The van der Waals surface area contributed by atoms with Gasteiger partial charge in [-0.3, -0.25) is 19.4 Å². The predicted octanol–water partition coefficient (Wildman–Crippen LogP) is 2.22. The number of aliphatic hydroxyl groups is 2. The molecule has 0 saturated carbocycles. The molecule has 0 atom stereocenters. The maximum absolute atomic E-state index is 13.8. The molecule has 9 nitrogen and oxygen atoms in total. The van der Waals surface area contributed by atoms with Gasteiger partial charge in [-0.1, -0.05) is 54.1 Å². The van der Waals surface area contributed by atoms with Crippen LogP contribution in [0.2, 0.25) is 0 Å². The maximum Gasteiger partial charge on any atom is 0.282 e. The number of nitrogens with zero attached hydrogens (tertiary/aromatic N) is 5. The lowest BCUT2D eigenvalue weighted by molar-refractivity contribution is -0.112. The van der Waals surface area contributed by atoms with Crippen molar-refractivity contribution in [3.63, 3.8) is 0 Å². The molecule has 0 saturated heterocycles. The summed E-state index contributed by atoms with van der Waals surface area (Å²) in [5.74, 6) is -0.0417. The first-order valence-corrected chi connectivity index (χ1v) is 12.0. The Kier molecular flexibility index (Phi) is 6.91. The number of hydrogen-bond donors (Lipinski definition) is 2. The number of rotatable bonds is 8. The summed E-state index contributed by atoms with van der Waals surface area (Å²) in [4.78, 5) is 35.5. The van der Waals surface area contributed by atoms with Crippen LogP contribution >= 0.6 is 0 Å². The van der Waals surface area contributed by atoms with Crippen molar-refractivity contribution in [2.24, 2.45) is 5.10 Å². The number of carbonyl (C=O) groups excluding carboxylic acids is 1. The van der Waals surface area contributed by atoms with Gasteiger partial charge in [-0.25, -0.2) is 4.98 Å². The van der Waals surface area contributed by atoms with Crippen molar-refractivity contribution in [3.8, 4) is 11.4 Å². The van der Waals surface area contributed by atoms with E-state index in [1.807, 2.05) is 61.5 Å². The normalized spacial score (nSPS) is 14.2. The van der Waals surface area contributed by atoms with E-state index in [9.17, 15) is 19.8 Å². The first-order valence-electron chi connectivity index (χ1n) is 12.0. The Hall–Kier alpha value is -4.18. The van der Waals surface area contributed by atoms with Crippen molar-refractivity contribution in [1.82, 2.24) is 14.6 Å². The fraction of sp³-hybridized carbons (Fsp3) is 0.214. The number of carbonyl (C=O) groups is 1. The molecule has 0 spiro atoms. The third-order valence-corrected chi connectivity index (χ3v) is 6.31. The molecule has 1 aliphatic heterocycles. The van der Waals surface area contributed by atoms with E-state index in [1.54, 1.807) is 28.0 Å².